The molecular weight excluding hydrogens is 282 g/mol. The van der Waals surface area contributed by atoms with Gasteiger partial charge in [0, 0.05) is 26.7 Å². The van der Waals surface area contributed by atoms with Crippen LogP contribution in [0.2, 0.25) is 0 Å². The van der Waals surface area contributed by atoms with E-state index in [2.05, 4.69) is 10.6 Å². The maximum atomic E-state index is 12.3. The molecule has 2 atom stereocenters. The summed E-state index contributed by atoms with van der Waals surface area (Å²) in [6, 6.07) is -0.303. The lowest BCUT2D eigenvalue weighted by Crippen LogP contribution is -2.52. The van der Waals surface area contributed by atoms with E-state index in [0.717, 1.165) is 25.8 Å². The number of halogens is 1. The largest absolute Gasteiger partial charge is 0.375 e. The number of nitrogens with one attached hydrogen (secondary N) is 2. The van der Waals surface area contributed by atoms with Gasteiger partial charge in [0.2, 0.25) is 11.8 Å². The van der Waals surface area contributed by atoms with Crippen molar-refractivity contribution in [3.63, 3.8) is 0 Å². The monoisotopic (exact) mass is 305 g/mol. The lowest BCUT2D eigenvalue weighted by Gasteiger charge is -2.35. The molecule has 2 unspecified atom stereocenters. The molecule has 2 amide bonds. The lowest BCUT2D eigenvalue weighted by molar-refractivity contribution is -0.144. The average Bonchev–Trinajstić information content (AvgIpc) is 2.47. The van der Waals surface area contributed by atoms with Crippen LogP contribution in [0.5, 0.6) is 0 Å². The van der Waals surface area contributed by atoms with Crippen LogP contribution in [0.4, 0.5) is 0 Å². The molecule has 0 aromatic heterocycles. The molecule has 0 aromatic carbocycles. The number of hydrogen-bond donors (Lipinski definition) is 2. The Kier molecular flexibility index (Phi) is 7.26. The van der Waals surface area contributed by atoms with Gasteiger partial charge in [-0.15, -0.1) is 12.4 Å². The van der Waals surface area contributed by atoms with Crippen molar-refractivity contribution in [3.05, 3.63) is 0 Å². The van der Waals surface area contributed by atoms with Crippen LogP contribution in [0.1, 0.15) is 25.7 Å². The van der Waals surface area contributed by atoms with Gasteiger partial charge in [0.05, 0.1) is 19.1 Å². The first-order valence-electron chi connectivity index (χ1n) is 7.05. The van der Waals surface area contributed by atoms with Crippen LogP contribution in [0.25, 0.3) is 0 Å². The van der Waals surface area contributed by atoms with Crippen molar-refractivity contribution < 1.29 is 14.3 Å². The Bertz CT molecular complexity index is 335. The fraction of sp³-hybridized carbons (Fsp3) is 0.846. The molecule has 2 N–H and O–H groups in total. The van der Waals surface area contributed by atoms with Gasteiger partial charge in [-0.1, -0.05) is 0 Å². The van der Waals surface area contributed by atoms with Gasteiger partial charge in [0.25, 0.3) is 0 Å². The van der Waals surface area contributed by atoms with Crippen molar-refractivity contribution in [2.24, 2.45) is 0 Å². The fourth-order valence-corrected chi connectivity index (χ4v) is 2.73. The minimum atomic E-state index is -0.303. The van der Waals surface area contributed by atoms with Crippen molar-refractivity contribution in [2.45, 2.75) is 37.8 Å². The number of carbonyl (C=O) groups excluding carboxylic acids is 2. The summed E-state index contributed by atoms with van der Waals surface area (Å²) in [6.45, 7) is 2.88. The normalized spacial score (nSPS) is 26.6. The topological polar surface area (TPSA) is 70.7 Å². The summed E-state index contributed by atoms with van der Waals surface area (Å²) in [5, 5.41) is 5.86. The Morgan fingerprint density at radius 1 is 1.40 bits per heavy atom. The SMILES string of the molecule is CNC(=O)C1CCCCN1C(=O)CC1CNCCO1.Cl. The average molecular weight is 306 g/mol. The minimum Gasteiger partial charge on any atom is -0.375 e. The van der Waals surface area contributed by atoms with Crippen LogP contribution < -0.4 is 10.6 Å². The predicted octanol–water partition coefficient (Wildman–Crippen LogP) is -0.0862. The molecule has 0 aliphatic carbocycles. The molecule has 2 rings (SSSR count). The van der Waals surface area contributed by atoms with Gasteiger partial charge in [-0.25, -0.2) is 0 Å². The standard InChI is InChI=1S/C13H23N3O3.ClH/c1-14-13(18)11-4-2-3-6-16(11)12(17)8-10-9-15-5-7-19-10;/h10-11,15H,2-9H2,1H3,(H,14,18);1H. The zero-order chi connectivity index (χ0) is 13.7. The Morgan fingerprint density at radius 2 is 2.20 bits per heavy atom. The molecule has 7 heteroatoms. The molecule has 6 nitrogen and oxygen atoms in total. The summed E-state index contributed by atoms with van der Waals surface area (Å²) >= 11 is 0. The molecule has 0 bridgehead atoms. The number of morpholine rings is 1. The van der Waals surface area contributed by atoms with Gasteiger partial charge >= 0.3 is 0 Å². The Balaban J connectivity index is 0.00000200. The van der Waals surface area contributed by atoms with E-state index in [1.54, 1.807) is 11.9 Å². The molecule has 0 saturated carbocycles. The highest BCUT2D eigenvalue weighted by Crippen LogP contribution is 2.19. The second kappa shape index (κ2) is 8.44. The van der Waals surface area contributed by atoms with E-state index in [4.69, 9.17) is 4.74 Å². The summed E-state index contributed by atoms with van der Waals surface area (Å²) in [4.78, 5) is 25.9. The van der Waals surface area contributed by atoms with Gasteiger partial charge in [0.15, 0.2) is 0 Å². The number of rotatable bonds is 3. The van der Waals surface area contributed by atoms with E-state index in [-0.39, 0.29) is 36.4 Å². The highest BCUT2D eigenvalue weighted by molar-refractivity contribution is 5.87. The molecule has 0 aromatic rings. The number of hydrogen-bond acceptors (Lipinski definition) is 4. The first-order chi connectivity index (χ1) is 9.22. The number of amides is 2. The molecule has 20 heavy (non-hydrogen) atoms. The lowest BCUT2D eigenvalue weighted by atomic mass is 10.0. The smallest absolute Gasteiger partial charge is 0.242 e. The highest BCUT2D eigenvalue weighted by atomic mass is 35.5. The minimum absolute atomic E-state index is 0. The second-order valence-corrected chi connectivity index (χ2v) is 5.11. The van der Waals surface area contributed by atoms with E-state index >= 15 is 0 Å². The van der Waals surface area contributed by atoms with Crippen LogP contribution in [-0.4, -0.2) is 62.1 Å². The molecule has 2 aliphatic rings. The van der Waals surface area contributed by atoms with Gasteiger partial charge in [-0.2, -0.15) is 0 Å². The van der Waals surface area contributed by atoms with E-state index in [9.17, 15) is 9.59 Å². The summed E-state index contributed by atoms with van der Waals surface area (Å²) in [5.41, 5.74) is 0. The summed E-state index contributed by atoms with van der Waals surface area (Å²) in [6.07, 6.45) is 3.04. The summed E-state index contributed by atoms with van der Waals surface area (Å²) in [5.74, 6) is -0.0299. The highest BCUT2D eigenvalue weighted by Gasteiger charge is 2.32. The van der Waals surface area contributed by atoms with Crippen molar-refractivity contribution >= 4 is 24.2 Å². The predicted molar refractivity (Wildman–Crippen MR) is 77.9 cm³/mol. The molecule has 0 spiro atoms. The van der Waals surface area contributed by atoms with Crippen molar-refractivity contribution in [2.75, 3.05) is 33.3 Å². The summed E-state index contributed by atoms with van der Waals surface area (Å²) < 4.78 is 5.55. The van der Waals surface area contributed by atoms with E-state index in [1.165, 1.54) is 0 Å². The van der Waals surface area contributed by atoms with Gasteiger partial charge in [-0.05, 0) is 19.3 Å². The fourth-order valence-electron chi connectivity index (χ4n) is 2.73. The third kappa shape index (κ3) is 4.33. The molecule has 2 saturated heterocycles. The molecule has 2 heterocycles. The molecule has 2 aliphatic heterocycles. The zero-order valence-electron chi connectivity index (χ0n) is 11.9. The Morgan fingerprint density at radius 3 is 2.85 bits per heavy atom. The number of likely N-dealkylation sites (N-methyl/N-ethyl adjacent to an activating group) is 1. The molecule has 0 radical (unpaired) electrons. The second-order valence-electron chi connectivity index (χ2n) is 5.11. The van der Waals surface area contributed by atoms with E-state index in [0.29, 0.717) is 26.1 Å². The molecular formula is C13H24ClN3O3. The van der Waals surface area contributed by atoms with Crippen molar-refractivity contribution in [1.29, 1.82) is 0 Å². The number of ether oxygens (including phenoxy) is 1. The van der Waals surface area contributed by atoms with Crippen LogP contribution >= 0.6 is 12.4 Å². The first-order valence-corrected chi connectivity index (χ1v) is 7.05. The van der Waals surface area contributed by atoms with Crippen LogP contribution in [0, 0.1) is 0 Å². The Labute approximate surface area is 126 Å². The van der Waals surface area contributed by atoms with Gasteiger partial charge in [0.1, 0.15) is 6.04 Å². The summed E-state index contributed by atoms with van der Waals surface area (Å²) in [7, 11) is 1.62. The van der Waals surface area contributed by atoms with Crippen molar-refractivity contribution in [3.8, 4) is 0 Å². The van der Waals surface area contributed by atoms with Crippen LogP contribution in [-0.2, 0) is 14.3 Å². The maximum absolute atomic E-state index is 12.3. The quantitative estimate of drug-likeness (QED) is 0.765. The van der Waals surface area contributed by atoms with E-state index < -0.39 is 0 Å². The third-order valence-corrected chi connectivity index (χ3v) is 3.78. The zero-order valence-corrected chi connectivity index (χ0v) is 12.7. The molecule has 2 fully saturated rings. The van der Waals surface area contributed by atoms with Crippen molar-refractivity contribution in [1.82, 2.24) is 15.5 Å². The maximum Gasteiger partial charge on any atom is 0.242 e. The first kappa shape index (κ1) is 17.2. The Hall–Kier alpha value is -0.850. The molecule has 116 valence electrons. The number of carbonyl (C=O) groups is 2. The van der Waals surface area contributed by atoms with E-state index in [1.807, 2.05) is 0 Å². The van der Waals surface area contributed by atoms with Crippen LogP contribution in [0.15, 0.2) is 0 Å². The van der Waals surface area contributed by atoms with Crippen LogP contribution in [0.3, 0.4) is 0 Å². The number of nitrogens with zero attached hydrogens (tertiary/aromatic N) is 1. The third-order valence-electron chi connectivity index (χ3n) is 3.78. The van der Waals surface area contributed by atoms with Gasteiger partial charge in [-0.3, -0.25) is 9.59 Å². The number of likely N-dealkylation sites (tertiary alicyclic amines) is 1. The van der Waals surface area contributed by atoms with Gasteiger partial charge < -0.3 is 20.3 Å². The number of piperidine rings is 1.